The topological polar surface area (TPSA) is 45.7 Å². The normalized spacial score (nSPS) is 11.9. The Morgan fingerprint density at radius 1 is 1.35 bits per heavy atom. The standard InChI is InChI=1S/C15H27N3OS/c1-13(2)12-19-10-5-8-17-15(16-3)18-9-7-14-6-4-11-20-14/h4,6,11,13H,5,7-10,12H2,1-3H3,(H2,16,17,18). The molecule has 0 aromatic carbocycles. The lowest BCUT2D eigenvalue weighted by Gasteiger charge is -2.12. The van der Waals surface area contributed by atoms with Crippen LogP contribution in [0.15, 0.2) is 22.5 Å². The number of aliphatic imine (C=N–C) groups is 1. The summed E-state index contributed by atoms with van der Waals surface area (Å²) in [6.45, 7) is 7.77. The van der Waals surface area contributed by atoms with Gasteiger partial charge in [0.05, 0.1) is 0 Å². The monoisotopic (exact) mass is 297 g/mol. The summed E-state index contributed by atoms with van der Waals surface area (Å²) in [4.78, 5) is 5.61. The van der Waals surface area contributed by atoms with Crippen LogP contribution in [0.2, 0.25) is 0 Å². The molecule has 0 saturated carbocycles. The molecule has 5 heteroatoms. The fraction of sp³-hybridized carbons (Fsp3) is 0.667. The number of guanidine groups is 1. The van der Waals surface area contributed by atoms with Crippen molar-refractivity contribution >= 4 is 17.3 Å². The van der Waals surface area contributed by atoms with Crippen molar-refractivity contribution in [3.8, 4) is 0 Å². The van der Waals surface area contributed by atoms with Gasteiger partial charge in [-0.2, -0.15) is 0 Å². The summed E-state index contributed by atoms with van der Waals surface area (Å²) in [5.41, 5.74) is 0. The van der Waals surface area contributed by atoms with Gasteiger partial charge in [-0.1, -0.05) is 19.9 Å². The molecule has 0 fully saturated rings. The van der Waals surface area contributed by atoms with Crippen LogP contribution in [0.3, 0.4) is 0 Å². The van der Waals surface area contributed by atoms with E-state index in [1.54, 1.807) is 18.4 Å². The highest BCUT2D eigenvalue weighted by Gasteiger charge is 1.98. The third-order valence-corrected chi connectivity index (χ3v) is 3.61. The molecule has 2 N–H and O–H groups in total. The van der Waals surface area contributed by atoms with Crippen molar-refractivity contribution in [2.24, 2.45) is 10.9 Å². The predicted octanol–water partition coefficient (Wildman–Crippen LogP) is 2.52. The SMILES string of the molecule is CN=C(NCCCOCC(C)C)NCCc1cccs1. The molecule has 1 rings (SSSR count). The zero-order valence-electron chi connectivity index (χ0n) is 12.8. The van der Waals surface area contributed by atoms with Crippen LogP contribution in [0.25, 0.3) is 0 Å². The van der Waals surface area contributed by atoms with Crippen molar-refractivity contribution in [3.63, 3.8) is 0 Å². The molecule has 0 unspecified atom stereocenters. The highest BCUT2D eigenvalue weighted by Crippen LogP contribution is 2.07. The van der Waals surface area contributed by atoms with Crippen LogP contribution in [0.1, 0.15) is 25.1 Å². The number of nitrogens with zero attached hydrogens (tertiary/aromatic N) is 1. The van der Waals surface area contributed by atoms with Crippen molar-refractivity contribution in [1.82, 2.24) is 10.6 Å². The van der Waals surface area contributed by atoms with Crippen molar-refractivity contribution in [2.45, 2.75) is 26.7 Å². The number of nitrogens with one attached hydrogen (secondary N) is 2. The second-order valence-electron chi connectivity index (χ2n) is 5.08. The van der Waals surface area contributed by atoms with Crippen molar-refractivity contribution < 1.29 is 4.74 Å². The van der Waals surface area contributed by atoms with E-state index in [1.807, 2.05) is 0 Å². The molecular weight excluding hydrogens is 270 g/mol. The third-order valence-electron chi connectivity index (χ3n) is 2.68. The van der Waals surface area contributed by atoms with Crippen LogP contribution in [0, 0.1) is 5.92 Å². The van der Waals surface area contributed by atoms with Gasteiger partial charge in [-0.25, -0.2) is 0 Å². The van der Waals surface area contributed by atoms with Crippen molar-refractivity contribution in [1.29, 1.82) is 0 Å². The fourth-order valence-electron chi connectivity index (χ4n) is 1.68. The summed E-state index contributed by atoms with van der Waals surface area (Å²) in [6.07, 6.45) is 2.04. The van der Waals surface area contributed by atoms with Crippen molar-refractivity contribution in [3.05, 3.63) is 22.4 Å². The van der Waals surface area contributed by atoms with Crippen molar-refractivity contribution in [2.75, 3.05) is 33.4 Å². The highest BCUT2D eigenvalue weighted by atomic mass is 32.1. The average molecular weight is 297 g/mol. The maximum atomic E-state index is 5.54. The van der Waals surface area contributed by atoms with E-state index in [0.717, 1.165) is 45.1 Å². The molecule has 20 heavy (non-hydrogen) atoms. The Labute approximate surface area is 126 Å². The molecule has 0 atom stereocenters. The quantitative estimate of drug-likeness (QED) is 0.418. The van der Waals surface area contributed by atoms with E-state index in [1.165, 1.54) is 4.88 Å². The first-order valence-electron chi connectivity index (χ1n) is 7.27. The largest absolute Gasteiger partial charge is 0.381 e. The van der Waals surface area contributed by atoms with Gasteiger partial charge in [0.15, 0.2) is 5.96 Å². The molecule has 114 valence electrons. The van der Waals surface area contributed by atoms with E-state index >= 15 is 0 Å². The Kier molecular flexibility index (Phi) is 9.07. The first-order chi connectivity index (χ1) is 9.72. The summed E-state index contributed by atoms with van der Waals surface area (Å²) >= 11 is 1.79. The van der Waals surface area contributed by atoms with E-state index in [-0.39, 0.29) is 0 Å². The molecule has 0 aliphatic carbocycles. The number of ether oxygens (including phenoxy) is 1. The van der Waals surface area contributed by atoms with E-state index in [0.29, 0.717) is 5.92 Å². The Bertz CT molecular complexity index is 363. The summed E-state index contributed by atoms with van der Waals surface area (Å²) in [7, 11) is 1.80. The minimum absolute atomic E-state index is 0.606. The molecule has 0 radical (unpaired) electrons. The van der Waals surface area contributed by atoms with Crippen LogP contribution in [-0.4, -0.2) is 39.3 Å². The molecule has 1 aromatic rings. The van der Waals surface area contributed by atoms with E-state index in [2.05, 4.69) is 47.0 Å². The van der Waals surface area contributed by atoms with Gasteiger partial charge in [0, 0.05) is 38.2 Å². The second kappa shape index (κ2) is 10.7. The Hall–Kier alpha value is -1.07. The predicted molar refractivity (Wildman–Crippen MR) is 87.7 cm³/mol. The number of rotatable bonds is 9. The highest BCUT2D eigenvalue weighted by molar-refractivity contribution is 7.09. The summed E-state index contributed by atoms with van der Waals surface area (Å²) in [5.74, 6) is 1.47. The first-order valence-corrected chi connectivity index (χ1v) is 8.15. The van der Waals surface area contributed by atoms with Gasteiger partial charge in [0.25, 0.3) is 0 Å². The lowest BCUT2D eigenvalue weighted by atomic mass is 10.2. The first kappa shape index (κ1) is 17.0. The van der Waals surface area contributed by atoms with Gasteiger partial charge >= 0.3 is 0 Å². The maximum Gasteiger partial charge on any atom is 0.190 e. The summed E-state index contributed by atoms with van der Waals surface area (Å²) < 4.78 is 5.54. The van der Waals surface area contributed by atoms with Crippen LogP contribution >= 0.6 is 11.3 Å². The second-order valence-corrected chi connectivity index (χ2v) is 6.11. The smallest absolute Gasteiger partial charge is 0.190 e. The molecule has 1 aromatic heterocycles. The Morgan fingerprint density at radius 3 is 2.80 bits per heavy atom. The van der Waals surface area contributed by atoms with Gasteiger partial charge in [0.2, 0.25) is 0 Å². The van der Waals surface area contributed by atoms with E-state index < -0.39 is 0 Å². The molecule has 0 aliphatic heterocycles. The minimum atomic E-state index is 0.606. The van der Waals surface area contributed by atoms with E-state index in [4.69, 9.17) is 4.74 Å². The molecule has 0 saturated heterocycles. The van der Waals surface area contributed by atoms with Gasteiger partial charge in [0.1, 0.15) is 0 Å². The molecule has 0 spiro atoms. The van der Waals surface area contributed by atoms with Crippen LogP contribution in [0.5, 0.6) is 0 Å². The lowest BCUT2D eigenvalue weighted by molar-refractivity contribution is 0.108. The Morgan fingerprint density at radius 2 is 2.15 bits per heavy atom. The van der Waals surface area contributed by atoms with Gasteiger partial charge < -0.3 is 15.4 Å². The zero-order chi connectivity index (χ0) is 14.6. The van der Waals surface area contributed by atoms with Gasteiger partial charge in [-0.05, 0) is 30.2 Å². The lowest BCUT2D eigenvalue weighted by Crippen LogP contribution is -2.38. The maximum absolute atomic E-state index is 5.54. The summed E-state index contributed by atoms with van der Waals surface area (Å²) in [5, 5.41) is 8.73. The fourth-order valence-corrected chi connectivity index (χ4v) is 2.39. The Balaban J connectivity index is 2.02. The van der Waals surface area contributed by atoms with Gasteiger partial charge in [-0.15, -0.1) is 11.3 Å². The van der Waals surface area contributed by atoms with Gasteiger partial charge in [-0.3, -0.25) is 4.99 Å². The third kappa shape index (κ3) is 8.17. The molecule has 0 bridgehead atoms. The number of hydrogen-bond acceptors (Lipinski definition) is 3. The summed E-state index contributed by atoms with van der Waals surface area (Å²) in [6, 6.07) is 4.25. The molecule has 0 aliphatic rings. The molecule has 4 nitrogen and oxygen atoms in total. The molecule has 1 heterocycles. The van der Waals surface area contributed by atoms with Crippen LogP contribution in [-0.2, 0) is 11.2 Å². The average Bonchev–Trinajstić information content (AvgIpc) is 2.93. The van der Waals surface area contributed by atoms with Crippen LogP contribution < -0.4 is 10.6 Å². The number of thiophene rings is 1. The van der Waals surface area contributed by atoms with E-state index in [9.17, 15) is 0 Å². The molecular formula is C15H27N3OS. The molecule has 0 amide bonds. The minimum Gasteiger partial charge on any atom is -0.381 e. The van der Waals surface area contributed by atoms with Crippen LogP contribution in [0.4, 0.5) is 0 Å². The number of hydrogen-bond donors (Lipinski definition) is 2. The zero-order valence-corrected chi connectivity index (χ0v) is 13.6.